The van der Waals surface area contributed by atoms with E-state index in [9.17, 15) is 10.1 Å². The summed E-state index contributed by atoms with van der Waals surface area (Å²) in [5.41, 5.74) is 2.10. The van der Waals surface area contributed by atoms with Crippen LogP contribution in [0, 0.1) is 10.1 Å². The molecule has 0 atom stereocenters. The minimum Gasteiger partial charge on any atom is -0.375 e. The highest BCUT2D eigenvalue weighted by atomic mass is 32.1. The largest absolute Gasteiger partial charge is 0.375 e. The number of nitrogens with zero attached hydrogens (tertiary/aromatic N) is 1. The van der Waals surface area contributed by atoms with Crippen LogP contribution in [-0.4, -0.2) is 16.5 Å². The van der Waals surface area contributed by atoms with Crippen molar-refractivity contribution in [1.29, 1.82) is 0 Å². The van der Waals surface area contributed by atoms with Crippen LogP contribution in [0.15, 0.2) is 54.6 Å². The van der Waals surface area contributed by atoms with Crippen LogP contribution in [0.5, 0.6) is 0 Å². The first kappa shape index (κ1) is 14.1. The Kier molecular flexibility index (Phi) is 4.79. The Morgan fingerprint density at radius 1 is 1.10 bits per heavy atom. The zero-order valence-corrected chi connectivity index (χ0v) is 11.6. The molecule has 0 radical (unpaired) electrons. The molecule has 0 aromatic heterocycles. The fourth-order valence-corrected chi connectivity index (χ4v) is 2.04. The minimum absolute atomic E-state index is 0.0702. The molecule has 0 spiro atoms. The van der Waals surface area contributed by atoms with Crippen molar-refractivity contribution in [3.63, 3.8) is 0 Å². The van der Waals surface area contributed by atoms with Gasteiger partial charge in [0, 0.05) is 24.2 Å². The molecule has 0 aliphatic carbocycles. The van der Waals surface area contributed by atoms with Crippen LogP contribution in [0.4, 0.5) is 5.69 Å². The average molecular weight is 286 g/mol. The second-order valence-electron chi connectivity index (χ2n) is 4.30. The fourth-order valence-electron chi connectivity index (χ4n) is 1.80. The maximum Gasteiger partial charge on any atom is 0.269 e. The topological polar surface area (TPSA) is 55.2 Å². The highest BCUT2D eigenvalue weighted by Crippen LogP contribution is 2.12. The van der Waals surface area contributed by atoms with E-state index in [1.165, 1.54) is 17.7 Å². The number of benzene rings is 2. The van der Waals surface area contributed by atoms with Gasteiger partial charge in [-0.1, -0.05) is 42.5 Å². The lowest BCUT2D eigenvalue weighted by Crippen LogP contribution is -2.24. The van der Waals surface area contributed by atoms with E-state index in [4.69, 9.17) is 12.2 Å². The van der Waals surface area contributed by atoms with Crippen molar-refractivity contribution < 1.29 is 4.92 Å². The summed E-state index contributed by atoms with van der Waals surface area (Å²) in [6, 6.07) is 16.4. The monoisotopic (exact) mass is 286 g/mol. The van der Waals surface area contributed by atoms with Crippen molar-refractivity contribution in [3.05, 3.63) is 75.8 Å². The molecule has 102 valence electrons. The number of nitro groups is 1. The van der Waals surface area contributed by atoms with E-state index in [0.717, 1.165) is 18.5 Å². The van der Waals surface area contributed by atoms with E-state index < -0.39 is 4.92 Å². The summed E-state index contributed by atoms with van der Waals surface area (Å²) in [4.78, 5) is 10.8. The Bertz CT molecular complexity index is 597. The quantitative estimate of drug-likeness (QED) is 0.521. The number of nitro benzene ring substituents is 1. The van der Waals surface area contributed by atoms with Gasteiger partial charge in [-0.2, -0.15) is 0 Å². The smallest absolute Gasteiger partial charge is 0.269 e. The molecule has 5 heteroatoms. The predicted octanol–water partition coefficient (Wildman–Crippen LogP) is 3.10. The molecular weight excluding hydrogens is 272 g/mol. The molecular formula is C15H14N2O2S. The molecule has 0 saturated heterocycles. The van der Waals surface area contributed by atoms with E-state index in [2.05, 4.69) is 17.4 Å². The van der Waals surface area contributed by atoms with Crippen LogP contribution in [0.1, 0.15) is 11.1 Å². The molecule has 0 saturated carbocycles. The van der Waals surface area contributed by atoms with E-state index in [-0.39, 0.29) is 5.69 Å². The molecule has 1 N–H and O–H groups in total. The van der Waals surface area contributed by atoms with Gasteiger partial charge in [-0.25, -0.2) is 0 Å². The predicted molar refractivity (Wildman–Crippen MR) is 82.9 cm³/mol. The normalized spacial score (nSPS) is 10.0. The number of nitrogens with one attached hydrogen (secondary N) is 1. The van der Waals surface area contributed by atoms with Crippen molar-refractivity contribution in [1.82, 2.24) is 5.32 Å². The molecule has 2 aromatic rings. The van der Waals surface area contributed by atoms with Gasteiger partial charge in [0.15, 0.2) is 0 Å². The number of hydrogen-bond donors (Lipinski definition) is 1. The van der Waals surface area contributed by atoms with Gasteiger partial charge >= 0.3 is 0 Å². The van der Waals surface area contributed by atoms with Gasteiger partial charge < -0.3 is 5.32 Å². The minimum atomic E-state index is -0.421. The first-order valence-electron chi connectivity index (χ1n) is 6.23. The third-order valence-electron chi connectivity index (χ3n) is 2.88. The van der Waals surface area contributed by atoms with Crippen LogP contribution < -0.4 is 5.32 Å². The van der Waals surface area contributed by atoms with Gasteiger partial charge in [0.1, 0.15) is 4.99 Å². The molecule has 0 amide bonds. The van der Waals surface area contributed by atoms with Crippen LogP contribution in [0.25, 0.3) is 0 Å². The maximum atomic E-state index is 10.6. The molecule has 0 fully saturated rings. The van der Waals surface area contributed by atoms with E-state index in [1.54, 1.807) is 12.1 Å². The molecule has 0 unspecified atom stereocenters. The van der Waals surface area contributed by atoms with Crippen molar-refractivity contribution in [3.8, 4) is 0 Å². The zero-order valence-electron chi connectivity index (χ0n) is 10.8. The Morgan fingerprint density at radius 2 is 1.75 bits per heavy atom. The van der Waals surface area contributed by atoms with Crippen LogP contribution >= 0.6 is 12.2 Å². The maximum absolute atomic E-state index is 10.6. The highest BCUT2D eigenvalue weighted by molar-refractivity contribution is 7.80. The number of non-ortho nitro benzene ring substituents is 1. The molecule has 0 heterocycles. The Labute approximate surface area is 122 Å². The second-order valence-corrected chi connectivity index (χ2v) is 4.70. The number of rotatable bonds is 5. The average Bonchev–Trinajstić information content (AvgIpc) is 2.48. The Balaban J connectivity index is 1.87. The van der Waals surface area contributed by atoms with Gasteiger partial charge in [-0.05, 0) is 24.1 Å². The molecule has 20 heavy (non-hydrogen) atoms. The summed E-state index contributed by atoms with van der Waals surface area (Å²) in [6.45, 7) is 0.736. The summed E-state index contributed by atoms with van der Waals surface area (Å²) in [7, 11) is 0. The van der Waals surface area contributed by atoms with Crippen molar-refractivity contribution in [2.45, 2.75) is 6.42 Å². The second kappa shape index (κ2) is 6.77. The third kappa shape index (κ3) is 3.86. The standard InChI is InChI=1S/C15H14N2O2S/c18-17(19)14-8-6-13(7-9-14)15(20)16-11-10-12-4-2-1-3-5-12/h1-9H,10-11H2,(H,16,20). The first-order valence-corrected chi connectivity index (χ1v) is 6.64. The summed E-state index contributed by atoms with van der Waals surface area (Å²) in [5.74, 6) is 0. The van der Waals surface area contributed by atoms with E-state index in [0.29, 0.717) is 4.99 Å². The highest BCUT2D eigenvalue weighted by Gasteiger charge is 2.06. The van der Waals surface area contributed by atoms with Crippen molar-refractivity contribution in [2.24, 2.45) is 0 Å². The molecule has 2 aromatic carbocycles. The SMILES string of the molecule is O=[N+]([O-])c1ccc(C(=S)NCCc2ccccc2)cc1. The van der Waals surface area contributed by atoms with Crippen molar-refractivity contribution >= 4 is 22.9 Å². The van der Waals surface area contributed by atoms with Crippen molar-refractivity contribution in [2.75, 3.05) is 6.54 Å². The van der Waals surface area contributed by atoms with Gasteiger partial charge in [0.2, 0.25) is 0 Å². The van der Waals surface area contributed by atoms with Gasteiger partial charge in [-0.3, -0.25) is 10.1 Å². The third-order valence-corrected chi connectivity index (χ3v) is 3.26. The summed E-state index contributed by atoms with van der Waals surface area (Å²) >= 11 is 5.26. The van der Waals surface area contributed by atoms with Gasteiger partial charge in [-0.15, -0.1) is 0 Å². The fraction of sp³-hybridized carbons (Fsp3) is 0.133. The summed E-state index contributed by atoms with van der Waals surface area (Å²) < 4.78 is 0. The van der Waals surface area contributed by atoms with Crippen LogP contribution in [-0.2, 0) is 6.42 Å². The van der Waals surface area contributed by atoms with E-state index >= 15 is 0 Å². The first-order chi connectivity index (χ1) is 9.66. The molecule has 0 aliphatic rings. The molecule has 0 aliphatic heterocycles. The molecule has 0 bridgehead atoms. The Morgan fingerprint density at radius 3 is 2.35 bits per heavy atom. The summed E-state index contributed by atoms with van der Waals surface area (Å²) in [5, 5.41) is 13.7. The van der Waals surface area contributed by atoms with Gasteiger partial charge in [0.25, 0.3) is 5.69 Å². The Hall–Kier alpha value is -2.27. The van der Waals surface area contributed by atoms with E-state index in [1.807, 2.05) is 18.2 Å². The number of thiocarbonyl (C=S) groups is 1. The lowest BCUT2D eigenvalue weighted by atomic mass is 10.1. The van der Waals surface area contributed by atoms with Gasteiger partial charge in [0.05, 0.1) is 4.92 Å². The van der Waals surface area contributed by atoms with Crippen LogP contribution in [0.2, 0.25) is 0 Å². The lowest BCUT2D eigenvalue weighted by Gasteiger charge is -2.08. The van der Waals surface area contributed by atoms with Crippen LogP contribution in [0.3, 0.4) is 0 Å². The summed E-state index contributed by atoms with van der Waals surface area (Å²) in [6.07, 6.45) is 0.883. The zero-order chi connectivity index (χ0) is 14.4. The number of hydrogen-bond acceptors (Lipinski definition) is 3. The lowest BCUT2D eigenvalue weighted by molar-refractivity contribution is -0.384. The molecule has 2 rings (SSSR count). The molecule has 4 nitrogen and oxygen atoms in total.